The van der Waals surface area contributed by atoms with Crippen molar-refractivity contribution in [2.24, 2.45) is 0 Å². The van der Waals surface area contributed by atoms with Crippen LogP contribution in [0.15, 0.2) is 262 Å². The Morgan fingerprint density at radius 1 is 0.515 bits per heavy atom. The third-order valence-electron chi connectivity index (χ3n) is 17.3. The minimum absolute atomic E-state index is 0. The molecule has 1 aliphatic rings. The fraction of sp³-hybridized carbons (Fsp3) is 0.235. The second kappa shape index (κ2) is 84.5. The van der Waals surface area contributed by atoms with Gasteiger partial charge in [-0.05, 0) is 169 Å². The van der Waals surface area contributed by atoms with E-state index in [0.717, 1.165) is 67.6 Å². The van der Waals surface area contributed by atoms with Gasteiger partial charge in [-0.15, -0.1) is 92.0 Å². The van der Waals surface area contributed by atoms with Gasteiger partial charge in [-0.25, -0.2) is 22.7 Å². The molecule has 8 heterocycles. The molecule has 134 heavy (non-hydrogen) atoms. The molecule has 0 atom stereocenters. The number of aryl methyl sites for hydroxylation is 2. The van der Waals surface area contributed by atoms with Crippen molar-refractivity contribution in [1.29, 1.82) is 0 Å². The van der Waals surface area contributed by atoms with Gasteiger partial charge in [0.05, 0.1) is 22.4 Å². The summed E-state index contributed by atoms with van der Waals surface area (Å²) in [5.41, 5.74) is 7.84. The molecule has 1 saturated heterocycles. The molecule has 17 aromatic rings. The molecular formula is C98H104Br4Cl9ILi4Mg3N2O3S8Zn2. The fourth-order valence-electron chi connectivity index (χ4n) is 11.9. The largest absolute Gasteiger partial charge is 2.00 e. The van der Waals surface area contributed by atoms with E-state index in [1.165, 1.54) is 144 Å². The minimum Gasteiger partial charge on any atom is -0.226 e. The molecule has 0 N–H and O–H groups in total. The van der Waals surface area contributed by atoms with Gasteiger partial charge in [0.2, 0.25) is 0 Å². The van der Waals surface area contributed by atoms with E-state index < -0.39 is 15.1 Å². The Labute approximate surface area is 1040 Å². The number of unbranched alkanes of at least 4 members (excludes halogenated alkanes) is 1. The Morgan fingerprint density at radius 3 is 1.32 bits per heavy atom. The van der Waals surface area contributed by atoms with E-state index in [-0.39, 0.29) is 258 Å². The molecule has 1 amide bonds. The number of thiophene rings is 7. The number of piperidine rings is 1. The van der Waals surface area contributed by atoms with Crippen LogP contribution in [-0.2, 0) is 32.5 Å². The molecule has 36 heteroatoms. The number of benzene rings is 10. The SMILES string of the molecule is Brc1csc2ccccc12.C.C.C.CC1(C)CCCC(C)(C)[N-]1.COc1ccc(Br)c(I)c1.COc1ccc2sc3sc4ccccc4c3c2c1.C[CH-]C.Cc1ccc(Br)c(-c2c(SC(=O)N(C)C)sc3ccccc23)c1.Cc1ccc(Br)c(-c2csc3ccccc23)c1.[CH2-]CCC.[Cl-].[Cl-].[Cl-].[Cl-].[Cl-].[Cl-].[Cl][Zn+].[Cl][Zn][Cl].[Li+].[Li+].[Li+].[Li+].[Mg+2].[Mg+2].[Mg+2].[c-]1csc2ccccc12.[c-]1csc2ccccc12. The first-order valence-corrected chi connectivity index (χ1v) is 60.3. The van der Waals surface area contributed by atoms with Crippen LogP contribution in [0.25, 0.3) is 108 Å². The number of hydrogen-bond acceptors (Lipinski definition) is 11. The molecule has 0 aliphatic carbocycles. The van der Waals surface area contributed by atoms with Crippen LogP contribution in [0.2, 0.25) is 0 Å². The van der Waals surface area contributed by atoms with Crippen LogP contribution in [-0.4, -0.2) is 119 Å². The average molecular weight is 2610 g/mol. The van der Waals surface area contributed by atoms with Crippen LogP contribution >= 0.6 is 207 Å². The number of methoxy groups -OCH3 is 2. The van der Waals surface area contributed by atoms with Gasteiger partial charge in [-0.3, -0.25) is 4.79 Å². The monoisotopic (exact) mass is 2600 g/mol. The van der Waals surface area contributed by atoms with Gasteiger partial charge in [-0.1, -0.05) is 255 Å². The van der Waals surface area contributed by atoms with Crippen molar-refractivity contribution >= 4 is 361 Å². The molecule has 5 nitrogen and oxygen atoms in total. The number of carbonyl (C=O) groups is 1. The molecule has 0 saturated carbocycles. The Morgan fingerprint density at radius 2 is 0.888 bits per heavy atom. The average Bonchev–Trinajstić information content (AvgIpc) is 1.59. The van der Waals surface area contributed by atoms with E-state index in [1.54, 1.807) is 89.9 Å². The number of rotatable bonds is 6. The summed E-state index contributed by atoms with van der Waals surface area (Å²) in [5.74, 6) is 1.82. The van der Waals surface area contributed by atoms with Gasteiger partial charge in [-0.2, -0.15) is 55.3 Å². The summed E-state index contributed by atoms with van der Waals surface area (Å²) >= 11 is 30.1. The first kappa shape index (κ1) is 157. The van der Waals surface area contributed by atoms with Crippen LogP contribution in [0.3, 0.4) is 0 Å². The Balaban J connectivity index is -0.000000161. The third-order valence-corrected chi connectivity index (χ3v) is 30.4. The summed E-state index contributed by atoms with van der Waals surface area (Å²) in [7, 11) is 21.6. The van der Waals surface area contributed by atoms with E-state index in [1.807, 2.05) is 114 Å². The predicted octanol–water partition coefficient (Wildman–Crippen LogP) is 8.28. The molecule has 0 radical (unpaired) electrons. The zero-order chi connectivity index (χ0) is 85.9. The van der Waals surface area contributed by atoms with Crippen molar-refractivity contribution < 1.29 is 197 Å². The maximum Gasteiger partial charge on any atom is 2.00 e. The zero-order valence-corrected chi connectivity index (χ0v) is 109. The Hall–Kier alpha value is 2.76. The van der Waals surface area contributed by atoms with Gasteiger partial charge >= 0.3 is 206 Å². The number of halogens is 14. The van der Waals surface area contributed by atoms with Gasteiger partial charge in [0.15, 0.2) is 0 Å². The summed E-state index contributed by atoms with van der Waals surface area (Å²) in [4.78, 5) is 13.8. The van der Waals surface area contributed by atoms with Crippen LogP contribution in [0.1, 0.15) is 114 Å². The first-order valence-electron chi connectivity index (χ1n) is 37.5. The summed E-state index contributed by atoms with van der Waals surface area (Å²) in [6.45, 7) is 22.9. The van der Waals surface area contributed by atoms with E-state index in [0.29, 0.717) is 0 Å². The minimum atomic E-state index is -0.931. The molecular weight excluding hydrogens is 2510 g/mol. The second-order valence-corrected chi connectivity index (χ2v) is 45.1. The number of amides is 1. The molecule has 0 unspecified atom stereocenters. The quantitative estimate of drug-likeness (QED) is 0.0729. The number of fused-ring (bicyclic) bond motifs is 10. The number of ether oxygens (including phenoxy) is 2. The van der Waals surface area contributed by atoms with Gasteiger partial charge in [0, 0.05) is 108 Å². The molecule has 0 spiro atoms. The van der Waals surface area contributed by atoms with Crippen molar-refractivity contribution in [3.05, 3.63) is 303 Å². The third kappa shape index (κ3) is 50.8. The van der Waals surface area contributed by atoms with Crippen LogP contribution < -0.4 is 159 Å². The maximum atomic E-state index is 12.2. The molecule has 1 aliphatic heterocycles. The maximum absolute atomic E-state index is 12.2. The smallest absolute Gasteiger partial charge is 0.226 e. The van der Waals surface area contributed by atoms with Crippen LogP contribution in [0.4, 0.5) is 4.79 Å². The topological polar surface area (TPSA) is 52.9 Å². The number of carbonyl (C=O) groups excluding carboxylic acids is 1. The first-order chi connectivity index (χ1) is 56.8. The molecule has 18 rings (SSSR count). The van der Waals surface area contributed by atoms with E-state index in [9.17, 15) is 4.79 Å². The van der Waals surface area contributed by atoms with Crippen LogP contribution in [0, 0.1) is 42.9 Å². The van der Waals surface area contributed by atoms with E-state index in [2.05, 4.69) is 322 Å². The number of thioether (sulfide) groups is 1. The Bertz CT molecular complexity index is 5830. The van der Waals surface area contributed by atoms with Crippen molar-refractivity contribution in [2.75, 3.05) is 28.3 Å². The summed E-state index contributed by atoms with van der Waals surface area (Å²) in [6, 6.07) is 81.7. The molecule has 10 aromatic carbocycles. The predicted molar refractivity (Wildman–Crippen MR) is 586 cm³/mol. The van der Waals surface area contributed by atoms with Gasteiger partial charge in [0.25, 0.3) is 5.24 Å². The standard InChI is InChI=1S/C18H16BrNOS2.C15H11BrS.C15H10OS2.C9H18N.C8H5BrS.2C8H5S.C7H6BrIO.C4H9.C3H7.3CH4.9ClH.4Li.3Mg.2Zn/c1-11-8-9-14(19)13(10-11)16-12-6-4-5-7-15(12)22-17(16)23-18(21)20(2)3;1-10-6-7-14(16)12(8-10)13-9-17-15-5-3-2-4-11(13)15;1-16-9-6-7-13-11(8-9)14-10-4-2-3-5-12(10)17-15(14)18-13;1-8(2)6-5-7-9(3,4)10-8;9-7-5-10-8-4-2-1-3-6(7)8;2*1-2-4-8-7(3-1)5-6-9-8;1-10-5-2-3-6(8)7(9)4-5;1-3-4-2;1-3-2;;;;;;;;;;;;;;;;;;;;;/h4-10H,1-3H3;2-9H,1H3;2-8H,1H3;5-7H2,1-4H3;1-5H;2*1-4,6H;2-4H,1H3;1,3-4H2,2H3;3H,1-2H3;3*1H4;9*1H;;;;;;;;;/q;;;-1;;2*-1;;2*-1;;;;;;;;;;;;;4*+1;5*+2/p-9. The molecule has 684 valence electrons. The zero-order valence-electron chi connectivity index (χ0n) is 76.6. The number of hydrogen-bond donors (Lipinski definition) is 0. The van der Waals surface area contributed by atoms with E-state index >= 15 is 0 Å². The summed E-state index contributed by atoms with van der Waals surface area (Å²) in [6.07, 6.45) is 8.14. The van der Waals surface area contributed by atoms with Gasteiger partial charge < -0.3 is 107 Å². The Kier molecular flexibility index (Phi) is 99.0. The second-order valence-electron chi connectivity index (χ2n) is 27.6. The summed E-state index contributed by atoms with van der Waals surface area (Å²) in [5, 5.41) is 23.5. The summed E-state index contributed by atoms with van der Waals surface area (Å²) < 4.78 is 27.7. The van der Waals surface area contributed by atoms with Crippen molar-refractivity contribution in [3.8, 4) is 33.8 Å². The van der Waals surface area contributed by atoms with Crippen molar-refractivity contribution in [3.63, 3.8) is 0 Å². The fourth-order valence-corrected chi connectivity index (χ4v) is 22.3. The normalized spacial score (nSPS) is 10.4. The molecule has 1 fully saturated rings. The van der Waals surface area contributed by atoms with Crippen LogP contribution in [0.5, 0.6) is 11.5 Å². The molecule has 7 aromatic heterocycles. The van der Waals surface area contributed by atoms with Crippen molar-refractivity contribution in [2.45, 2.75) is 132 Å². The number of nitrogens with zero attached hydrogens (tertiary/aromatic N) is 2. The van der Waals surface area contributed by atoms with Gasteiger partial charge in [0.1, 0.15) is 11.5 Å². The molecule has 0 bridgehead atoms. The van der Waals surface area contributed by atoms with Crippen molar-refractivity contribution in [1.82, 2.24) is 4.90 Å². The van der Waals surface area contributed by atoms with E-state index in [4.69, 9.17) is 43.9 Å².